The Balaban J connectivity index is 1.52. The van der Waals surface area contributed by atoms with Crippen LogP contribution < -0.4 is 10.6 Å². The van der Waals surface area contributed by atoms with E-state index in [0.29, 0.717) is 29.9 Å². The molecule has 1 aromatic rings. The van der Waals surface area contributed by atoms with Crippen molar-refractivity contribution in [2.75, 3.05) is 31.9 Å². The fraction of sp³-hybridized carbons (Fsp3) is 0.619. The van der Waals surface area contributed by atoms with Crippen LogP contribution in [0.15, 0.2) is 40.2 Å². The van der Waals surface area contributed by atoms with Crippen molar-refractivity contribution in [1.29, 1.82) is 0 Å². The van der Waals surface area contributed by atoms with Gasteiger partial charge in [0.2, 0.25) is 5.91 Å². The lowest BCUT2D eigenvalue weighted by Gasteiger charge is -2.21. The maximum Gasteiger partial charge on any atom is 0.225 e. The molecule has 0 radical (unpaired) electrons. The summed E-state index contributed by atoms with van der Waals surface area (Å²) in [6, 6.07) is 8.60. The van der Waals surface area contributed by atoms with Gasteiger partial charge in [0.05, 0.1) is 17.2 Å². The number of hydrogen-bond donors (Lipinski definition) is 2. The third-order valence-corrected chi connectivity index (χ3v) is 7.33. The Morgan fingerprint density at radius 1 is 1.17 bits per heavy atom. The van der Waals surface area contributed by atoms with Crippen molar-refractivity contribution in [3.63, 3.8) is 0 Å². The van der Waals surface area contributed by atoms with E-state index in [-0.39, 0.29) is 24.3 Å². The predicted octanol–water partition coefficient (Wildman–Crippen LogP) is 1.81. The fourth-order valence-corrected chi connectivity index (χ4v) is 5.19. The van der Waals surface area contributed by atoms with Crippen molar-refractivity contribution in [2.45, 2.75) is 50.0 Å². The Morgan fingerprint density at radius 3 is 2.59 bits per heavy atom. The SMILES string of the molecule is CCNC(=NCCS(=O)(=O)c1ccccc1)NC1CCN(C(=O)C2CCCC2)C1. The second-order valence-corrected chi connectivity index (χ2v) is 9.90. The molecule has 2 N–H and O–H groups in total. The van der Waals surface area contributed by atoms with Crippen LogP contribution in [0.3, 0.4) is 0 Å². The number of carbonyl (C=O) groups excluding carboxylic acids is 1. The minimum atomic E-state index is -3.34. The van der Waals surface area contributed by atoms with Gasteiger partial charge in [0, 0.05) is 31.6 Å². The van der Waals surface area contributed by atoms with Gasteiger partial charge >= 0.3 is 0 Å². The second kappa shape index (κ2) is 10.1. The maximum atomic E-state index is 12.6. The Morgan fingerprint density at radius 2 is 1.90 bits per heavy atom. The van der Waals surface area contributed by atoms with Crippen LogP contribution in [0.25, 0.3) is 0 Å². The number of amides is 1. The molecule has 1 aliphatic carbocycles. The molecule has 1 aromatic carbocycles. The molecule has 1 heterocycles. The molecular formula is C21H32N4O3S. The van der Waals surface area contributed by atoms with Gasteiger partial charge in [-0.1, -0.05) is 31.0 Å². The first-order chi connectivity index (χ1) is 14.0. The third kappa shape index (κ3) is 5.95. The average molecular weight is 421 g/mol. The lowest BCUT2D eigenvalue weighted by molar-refractivity contribution is -0.134. The number of rotatable bonds is 7. The molecule has 1 saturated heterocycles. The monoisotopic (exact) mass is 420 g/mol. The Bertz CT molecular complexity index is 804. The number of guanidine groups is 1. The van der Waals surface area contributed by atoms with E-state index >= 15 is 0 Å². The number of sulfone groups is 1. The highest BCUT2D eigenvalue weighted by molar-refractivity contribution is 7.91. The smallest absolute Gasteiger partial charge is 0.225 e. The van der Waals surface area contributed by atoms with Gasteiger partial charge in [-0.15, -0.1) is 0 Å². The summed E-state index contributed by atoms with van der Waals surface area (Å²) in [5.41, 5.74) is 0. The third-order valence-electron chi connectivity index (χ3n) is 5.62. The highest BCUT2D eigenvalue weighted by Gasteiger charge is 2.32. The molecule has 0 aromatic heterocycles. The first-order valence-electron chi connectivity index (χ1n) is 10.6. The van der Waals surface area contributed by atoms with E-state index in [4.69, 9.17) is 0 Å². The molecule has 160 valence electrons. The molecule has 1 amide bonds. The second-order valence-electron chi connectivity index (χ2n) is 7.79. The Hall–Kier alpha value is -2.09. The summed E-state index contributed by atoms with van der Waals surface area (Å²) >= 11 is 0. The molecule has 2 fully saturated rings. The molecule has 0 spiro atoms. The lowest BCUT2D eigenvalue weighted by atomic mass is 10.1. The topological polar surface area (TPSA) is 90.9 Å². The van der Waals surface area contributed by atoms with E-state index in [1.54, 1.807) is 30.3 Å². The number of hydrogen-bond acceptors (Lipinski definition) is 4. The minimum Gasteiger partial charge on any atom is -0.357 e. The van der Waals surface area contributed by atoms with Gasteiger partial charge in [0.25, 0.3) is 0 Å². The van der Waals surface area contributed by atoms with E-state index in [1.165, 1.54) is 0 Å². The van der Waals surface area contributed by atoms with E-state index in [0.717, 1.165) is 38.6 Å². The molecule has 8 heteroatoms. The zero-order valence-electron chi connectivity index (χ0n) is 17.1. The van der Waals surface area contributed by atoms with Crippen LogP contribution in [-0.4, -0.2) is 63.2 Å². The molecule has 1 saturated carbocycles. The quantitative estimate of drug-likeness (QED) is 0.519. The first-order valence-corrected chi connectivity index (χ1v) is 12.3. The summed E-state index contributed by atoms with van der Waals surface area (Å²) in [6.07, 6.45) is 5.25. The van der Waals surface area contributed by atoms with E-state index < -0.39 is 9.84 Å². The average Bonchev–Trinajstić information content (AvgIpc) is 3.40. The minimum absolute atomic E-state index is 0.0372. The van der Waals surface area contributed by atoms with E-state index in [9.17, 15) is 13.2 Å². The van der Waals surface area contributed by atoms with Crippen molar-refractivity contribution in [3.8, 4) is 0 Å². The summed E-state index contributed by atoms with van der Waals surface area (Å²) in [6.45, 7) is 4.30. The highest BCUT2D eigenvalue weighted by atomic mass is 32.2. The van der Waals surface area contributed by atoms with E-state index in [1.807, 2.05) is 11.8 Å². The maximum absolute atomic E-state index is 12.6. The number of carbonyl (C=O) groups is 1. The first kappa shape index (κ1) is 21.6. The molecule has 2 aliphatic rings. The Kier molecular flexibility index (Phi) is 7.52. The Labute approximate surface area is 173 Å². The highest BCUT2D eigenvalue weighted by Crippen LogP contribution is 2.27. The van der Waals surface area contributed by atoms with Gasteiger partial charge in [-0.3, -0.25) is 9.79 Å². The van der Waals surface area contributed by atoms with Crippen molar-refractivity contribution < 1.29 is 13.2 Å². The van der Waals surface area contributed by atoms with Crippen molar-refractivity contribution >= 4 is 21.7 Å². The number of nitrogens with one attached hydrogen (secondary N) is 2. The summed E-state index contributed by atoms with van der Waals surface area (Å²) in [5, 5.41) is 6.54. The van der Waals surface area contributed by atoms with Crippen LogP contribution in [0, 0.1) is 5.92 Å². The lowest BCUT2D eigenvalue weighted by Crippen LogP contribution is -2.45. The summed E-state index contributed by atoms with van der Waals surface area (Å²) < 4.78 is 24.8. The zero-order valence-corrected chi connectivity index (χ0v) is 18.0. The molecule has 29 heavy (non-hydrogen) atoms. The molecule has 1 atom stereocenters. The van der Waals surface area contributed by atoms with Crippen LogP contribution in [-0.2, 0) is 14.6 Å². The largest absolute Gasteiger partial charge is 0.357 e. The molecule has 1 aliphatic heterocycles. The standard InChI is InChI=1S/C21H32N4O3S/c1-2-22-21(23-13-15-29(27,28)19-10-4-3-5-11-19)24-18-12-14-25(16-18)20(26)17-8-6-7-9-17/h3-5,10-11,17-18H,2,6-9,12-16H2,1H3,(H2,22,23,24). The van der Waals surface area contributed by atoms with Gasteiger partial charge in [0.1, 0.15) is 0 Å². The van der Waals surface area contributed by atoms with Gasteiger partial charge in [-0.2, -0.15) is 0 Å². The van der Waals surface area contributed by atoms with Crippen LogP contribution in [0.5, 0.6) is 0 Å². The van der Waals surface area contributed by atoms with Gasteiger partial charge in [0.15, 0.2) is 15.8 Å². The molecule has 1 unspecified atom stereocenters. The number of aliphatic imine (C=N–C) groups is 1. The molecule has 3 rings (SSSR count). The van der Waals surface area contributed by atoms with Crippen molar-refractivity contribution in [2.24, 2.45) is 10.9 Å². The summed E-state index contributed by atoms with van der Waals surface area (Å²) in [4.78, 5) is 19.3. The van der Waals surface area contributed by atoms with Gasteiger partial charge in [-0.05, 0) is 38.3 Å². The van der Waals surface area contributed by atoms with Crippen LogP contribution in [0.4, 0.5) is 0 Å². The fourth-order valence-electron chi connectivity index (χ4n) is 4.05. The number of nitrogens with zero attached hydrogens (tertiary/aromatic N) is 2. The van der Waals surface area contributed by atoms with Crippen LogP contribution in [0.2, 0.25) is 0 Å². The van der Waals surface area contributed by atoms with Crippen LogP contribution in [0.1, 0.15) is 39.0 Å². The number of benzene rings is 1. The normalized spacial score (nSPS) is 20.8. The predicted molar refractivity (Wildman–Crippen MR) is 115 cm³/mol. The number of likely N-dealkylation sites (tertiary alicyclic amines) is 1. The van der Waals surface area contributed by atoms with Crippen molar-refractivity contribution in [3.05, 3.63) is 30.3 Å². The van der Waals surface area contributed by atoms with Crippen LogP contribution >= 0.6 is 0 Å². The molecule has 7 nitrogen and oxygen atoms in total. The van der Waals surface area contributed by atoms with Gasteiger partial charge in [-0.25, -0.2) is 8.42 Å². The molecule has 0 bridgehead atoms. The van der Waals surface area contributed by atoms with Gasteiger partial charge < -0.3 is 15.5 Å². The summed E-state index contributed by atoms with van der Waals surface area (Å²) in [7, 11) is -3.34. The zero-order chi connectivity index (χ0) is 20.7. The molecular weight excluding hydrogens is 388 g/mol. The van der Waals surface area contributed by atoms with Crippen molar-refractivity contribution in [1.82, 2.24) is 15.5 Å². The van der Waals surface area contributed by atoms with E-state index in [2.05, 4.69) is 15.6 Å². The summed E-state index contributed by atoms with van der Waals surface area (Å²) in [5.74, 6) is 1.07.